The van der Waals surface area contributed by atoms with E-state index in [0.717, 1.165) is 11.4 Å². The lowest BCUT2D eigenvalue weighted by molar-refractivity contribution is -0.0687. The largest absolute Gasteiger partial charge is 0.416 e. The van der Waals surface area contributed by atoms with Gasteiger partial charge in [-0.1, -0.05) is 6.08 Å². The minimum atomic E-state index is -4.36. The number of alkyl halides is 3. The third-order valence-electron chi connectivity index (χ3n) is 3.72. The summed E-state index contributed by atoms with van der Waals surface area (Å²) in [6.07, 6.45) is -0.619. The van der Waals surface area contributed by atoms with E-state index in [1.807, 2.05) is 26.2 Å². The molecule has 0 unspecified atom stereocenters. The van der Waals surface area contributed by atoms with Crippen molar-refractivity contribution in [2.45, 2.75) is 25.9 Å². The molecule has 0 amide bonds. The number of anilines is 1. The number of fused-ring (bicyclic) bond motifs is 1. The third-order valence-corrected chi connectivity index (χ3v) is 3.72. The highest BCUT2D eigenvalue weighted by atomic mass is 19.4. The Morgan fingerprint density at radius 1 is 1.30 bits per heavy atom. The molecule has 2 aromatic rings. The first-order chi connectivity index (χ1) is 10.9. The predicted molar refractivity (Wildman–Crippen MR) is 82.2 cm³/mol. The Morgan fingerprint density at radius 3 is 2.70 bits per heavy atom. The number of nitrogens with zero attached hydrogens (tertiary/aromatic N) is 3. The van der Waals surface area contributed by atoms with Crippen LogP contribution in [-0.4, -0.2) is 27.5 Å². The fourth-order valence-electron chi connectivity index (χ4n) is 2.83. The molecule has 0 aliphatic heterocycles. The van der Waals surface area contributed by atoms with Crippen LogP contribution in [0.1, 0.15) is 29.6 Å². The van der Waals surface area contributed by atoms with Crippen molar-refractivity contribution in [1.82, 2.24) is 14.8 Å². The molecule has 2 heterocycles. The Bertz CT molecular complexity index is 759. The van der Waals surface area contributed by atoms with E-state index in [-0.39, 0.29) is 12.0 Å². The maximum Gasteiger partial charge on any atom is 0.416 e. The van der Waals surface area contributed by atoms with Gasteiger partial charge in [0.15, 0.2) is 0 Å². The molecule has 0 radical (unpaired) electrons. The summed E-state index contributed by atoms with van der Waals surface area (Å²) in [7, 11) is 1.82. The average Bonchev–Trinajstić information content (AvgIpc) is 3.05. The van der Waals surface area contributed by atoms with Gasteiger partial charge in [0.2, 0.25) is 0 Å². The van der Waals surface area contributed by atoms with Crippen LogP contribution in [0.3, 0.4) is 0 Å². The molecular weight excluding hydrogens is 305 g/mol. The second-order valence-corrected chi connectivity index (χ2v) is 5.49. The second-order valence-electron chi connectivity index (χ2n) is 5.49. The number of aromatic nitrogens is 3. The van der Waals surface area contributed by atoms with Gasteiger partial charge in [0, 0.05) is 49.6 Å². The molecule has 0 bridgehead atoms. The third kappa shape index (κ3) is 3.09. The molecule has 0 aromatic carbocycles. The standard InChI is InChI=1S/C16H17F3N4/c1-3-20-14-9-11(8-10-6-7-23(2)22-10)21-13-5-4-12(15(13)14)16(17,18)19/h4,6-7,9H,3,5,8H2,1-2H3,(H,20,21). The Hall–Kier alpha value is -2.31. The minimum Gasteiger partial charge on any atom is -0.385 e. The van der Waals surface area contributed by atoms with Crippen LogP contribution in [0.25, 0.3) is 5.57 Å². The van der Waals surface area contributed by atoms with Crippen LogP contribution in [0.5, 0.6) is 0 Å². The van der Waals surface area contributed by atoms with E-state index in [1.165, 1.54) is 6.08 Å². The van der Waals surface area contributed by atoms with E-state index in [0.29, 0.717) is 24.3 Å². The fraction of sp³-hybridized carbons (Fsp3) is 0.375. The minimum absolute atomic E-state index is 0.184. The lowest BCUT2D eigenvalue weighted by atomic mass is 10.0. The highest BCUT2D eigenvalue weighted by molar-refractivity contribution is 5.84. The topological polar surface area (TPSA) is 42.7 Å². The summed E-state index contributed by atoms with van der Waals surface area (Å²) in [6, 6.07) is 3.57. The molecule has 0 spiro atoms. The first-order valence-electron chi connectivity index (χ1n) is 7.41. The number of allylic oxidation sites excluding steroid dienone is 2. The zero-order valence-electron chi connectivity index (χ0n) is 12.9. The molecule has 1 aliphatic carbocycles. The normalized spacial score (nSPS) is 13.9. The maximum atomic E-state index is 13.2. The number of aryl methyl sites for hydroxylation is 1. The van der Waals surface area contributed by atoms with Gasteiger partial charge in [0.1, 0.15) is 0 Å². The van der Waals surface area contributed by atoms with Crippen molar-refractivity contribution >= 4 is 11.3 Å². The van der Waals surface area contributed by atoms with Crippen LogP contribution in [0, 0.1) is 0 Å². The number of pyridine rings is 1. The average molecular weight is 322 g/mol. The van der Waals surface area contributed by atoms with E-state index < -0.39 is 11.7 Å². The quantitative estimate of drug-likeness (QED) is 0.939. The lowest BCUT2D eigenvalue weighted by Crippen LogP contribution is -2.13. The summed E-state index contributed by atoms with van der Waals surface area (Å²) in [5.41, 5.74) is 2.11. The van der Waals surface area contributed by atoms with Gasteiger partial charge < -0.3 is 5.32 Å². The van der Waals surface area contributed by atoms with Crippen LogP contribution in [0.15, 0.2) is 24.4 Å². The molecule has 3 rings (SSSR count). The van der Waals surface area contributed by atoms with E-state index >= 15 is 0 Å². The van der Waals surface area contributed by atoms with Gasteiger partial charge >= 0.3 is 6.18 Å². The number of nitrogens with one attached hydrogen (secondary N) is 1. The maximum absolute atomic E-state index is 13.2. The zero-order valence-corrected chi connectivity index (χ0v) is 12.9. The number of hydrogen-bond donors (Lipinski definition) is 1. The van der Waals surface area contributed by atoms with Gasteiger partial charge in [-0.15, -0.1) is 0 Å². The van der Waals surface area contributed by atoms with Gasteiger partial charge in [-0.25, -0.2) is 0 Å². The Morgan fingerprint density at radius 2 is 2.09 bits per heavy atom. The summed E-state index contributed by atoms with van der Waals surface area (Å²) in [4.78, 5) is 4.42. The Kier molecular flexibility index (Phi) is 3.87. The second kappa shape index (κ2) is 5.72. The molecule has 0 atom stereocenters. The molecule has 2 aromatic heterocycles. The smallest absolute Gasteiger partial charge is 0.385 e. The van der Waals surface area contributed by atoms with Gasteiger partial charge in [0.05, 0.1) is 17.0 Å². The van der Waals surface area contributed by atoms with Crippen LogP contribution in [0.4, 0.5) is 18.9 Å². The molecule has 4 nitrogen and oxygen atoms in total. The van der Waals surface area contributed by atoms with Crippen molar-refractivity contribution < 1.29 is 13.2 Å². The van der Waals surface area contributed by atoms with Crippen molar-refractivity contribution in [1.29, 1.82) is 0 Å². The lowest BCUT2D eigenvalue weighted by Gasteiger charge is -2.16. The van der Waals surface area contributed by atoms with Crippen LogP contribution >= 0.6 is 0 Å². The molecule has 0 saturated heterocycles. The van der Waals surface area contributed by atoms with Gasteiger partial charge in [-0.05, 0) is 19.1 Å². The first-order valence-corrected chi connectivity index (χ1v) is 7.41. The number of rotatable bonds is 4. The molecule has 0 saturated carbocycles. The van der Waals surface area contributed by atoms with E-state index in [9.17, 15) is 13.2 Å². The molecule has 7 heteroatoms. The number of hydrogen-bond acceptors (Lipinski definition) is 3. The summed E-state index contributed by atoms with van der Waals surface area (Å²) < 4.78 is 41.2. The SMILES string of the molecule is CCNc1cc(Cc2ccn(C)n2)nc2c1C(C(F)(F)F)=CC2. The summed E-state index contributed by atoms with van der Waals surface area (Å²) in [6.45, 7) is 2.40. The van der Waals surface area contributed by atoms with Crippen LogP contribution < -0.4 is 5.32 Å². The van der Waals surface area contributed by atoms with Crippen molar-refractivity contribution in [3.8, 4) is 0 Å². The van der Waals surface area contributed by atoms with Crippen LogP contribution in [-0.2, 0) is 19.9 Å². The molecule has 0 fully saturated rings. The Labute approximate surface area is 132 Å². The summed E-state index contributed by atoms with van der Waals surface area (Å²) in [5.74, 6) is 0. The first kappa shape index (κ1) is 15.6. The van der Waals surface area contributed by atoms with Crippen molar-refractivity contribution in [2.75, 3.05) is 11.9 Å². The predicted octanol–water partition coefficient (Wildman–Crippen LogP) is 3.34. The molecule has 1 N–H and O–H groups in total. The molecular formula is C16H17F3N4. The van der Waals surface area contributed by atoms with Gasteiger partial charge in [-0.3, -0.25) is 9.67 Å². The highest BCUT2D eigenvalue weighted by Crippen LogP contribution is 2.43. The van der Waals surface area contributed by atoms with Crippen LogP contribution in [0.2, 0.25) is 0 Å². The number of halogens is 3. The zero-order chi connectivity index (χ0) is 16.6. The van der Waals surface area contributed by atoms with Crippen molar-refractivity contribution in [3.63, 3.8) is 0 Å². The summed E-state index contributed by atoms with van der Waals surface area (Å²) in [5, 5.41) is 7.33. The van der Waals surface area contributed by atoms with E-state index in [2.05, 4.69) is 15.4 Å². The highest BCUT2D eigenvalue weighted by Gasteiger charge is 2.39. The fourth-order valence-corrected chi connectivity index (χ4v) is 2.83. The summed E-state index contributed by atoms with van der Waals surface area (Å²) >= 11 is 0. The molecule has 122 valence electrons. The monoisotopic (exact) mass is 322 g/mol. The molecule has 1 aliphatic rings. The Balaban J connectivity index is 1.99. The molecule has 23 heavy (non-hydrogen) atoms. The van der Waals surface area contributed by atoms with Crippen molar-refractivity contribution in [2.24, 2.45) is 7.05 Å². The van der Waals surface area contributed by atoms with Gasteiger partial charge in [-0.2, -0.15) is 18.3 Å². The van der Waals surface area contributed by atoms with Crippen molar-refractivity contribution in [3.05, 3.63) is 47.1 Å². The van der Waals surface area contributed by atoms with Gasteiger partial charge in [0.25, 0.3) is 0 Å². The van der Waals surface area contributed by atoms with E-state index in [4.69, 9.17) is 0 Å². The van der Waals surface area contributed by atoms with E-state index in [1.54, 1.807) is 10.7 Å².